The van der Waals surface area contributed by atoms with Gasteiger partial charge in [-0.1, -0.05) is 61.2 Å². The summed E-state index contributed by atoms with van der Waals surface area (Å²) in [5.74, 6) is 0.0405. The number of amides is 1. The van der Waals surface area contributed by atoms with Crippen LogP contribution in [0.4, 0.5) is 5.13 Å². The second-order valence-corrected chi connectivity index (χ2v) is 9.72. The van der Waals surface area contributed by atoms with Crippen molar-refractivity contribution in [2.24, 2.45) is 7.05 Å². The van der Waals surface area contributed by atoms with Crippen LogP contribution >= 0.6 is 23.1 Å². The molecule has 0 atom stereocenters. The maximum absolute atomic E-state index is 12.4. The van der Waals surface area contributed by atoms with Gasteiger partial charge >= 0.3 is 0 Å². The Kier molecular flexibility index (Phi) is 6.06. The van der Waals surface area contributed by atoms with Crippen molar-refractivity contribution in [1.82, 2.24) is 24.7 Å². The lowest BCUT2D eigenvalue weighted by Crippen LogP contribution is -2.14. The number of benzene rings is 2. The number of hydrogen-bond donors (Lipinski definition) is 1. The number of para-hydroxylation sites is 1. The quantitative estimate of drug-likeness (QED) is 0.339. The minimum atomic E-state index is -0.145. The number of carbonyl (C=O) groups is 1. The Morgan fingerprint density at radius 1 is 1.09 bits per heavy atom. The molecule has 7 nitrogen and oxygen atoms in total. The van der Waals surface area contributed by atoms with E-state index in [-0.39, 0.29) is 11.7 Å². The summed E-state index contributed by atoms with van der Waals surface area (Å²) in [6, 6.07) is 16.6. The van der Waals surface area contributed by atoms with Gasteiger partial charge in [0.1, 0.15) is 5.52 Å². The highest BCUT2D eigenvalue weighted by Gasteiger charge is 2.14. The fraction of sp³-hybridized carbons (Fsp3) is 0.208. The van der Waals surface area contributed by atoms with E-state index in [1.807, 2.05) is 42.1 Å². The maximum Gasteiger partial charge on any atom is 0.236 e. The van der Waals surface area contributed by atoms with Crippen molar-refractivity contribution in [3.05, 3.63) is 70.7 Å². The summed E-state index contributed by atoms with van der Waals surface area (Å²) in [7, 11) is 1.96. The van der Waals surface area contributed by atoms with E-state index in [0.717, 1.165) is 39.8 Å². The molecule has 33 heavy (non-hydrogen) atoms. The molecular formula is C24H22N6OS2. The lowest BCUT2D eigenvalue weighted by atomic mass is 10.1. The van der Waals surface area contributed by atoms with Gasteiger partial charge in [-0.3, -0.25) is 4.79 Å². The first kappa shape index (κ1) is 21.5. The third kappa shape index (κ3) is 4.60. The first-order valence-corrected chi connectivity index (χ1v) is 12.4. The van der Waals surface area contributed by atoms with Crippen LogP contribution in [-0.4, -0.2) is 36.4 Å². The van der Waals surface area contributed by atoms with E-state index in [1.54, 1.807) is 0 Å². The van der Waals surface area contributed by atoms with E-state index in [9.17, 15) is 4.79 Å². The van der Waals surface area contributed by atoms with Gasteiger partial charge in [0.15, 0.2) is 10.8 Å². The molecule has 3 aromatic heterocycles. The lowest BCUT2D eigenvalue weighted by molar-refractivity contribution is -0.113. The van der Waals surface area contributed by atoms with Crippen molar-refractivity contribution >= 4 is 56.2 Å². The molecule has 0 saturated carbocycles. The molecule has 0 aliphatic carbocycles. The van der Waals surface area contributed by atoms with E-state index in [4.69, 9.17) is 0 Å². The van der Waals surface area contributed by atoms with Crippen LogP contribution in [0.3, 0.4) is 0 Å². The molecule has 0 radical (unpaired) electrons. The highest BCUT2D eigenvalue weighted by atomic mass is 32.2. The summed E-state index contributed by atoms with van der Waals surface area (Å²) in [6.45, 7) is 2.15. The van der Waals surface area contributed by atoms with Gasteiger partial charge in [-0.15, -0.1) is 21.5 Å². The van der Waals surface area contributed by atoms with Crippen LogP contribution < -0.4 is 5.32 Å². The molecule has 0 aliphatic rings. The number of thioether (sulfide) groups is 1. The summed E-state index contributed by atoms with van der Waals surface area (Å²) in [4.78, 5) is 22.5. The predicted octanol–water partition coefficient (Wildman–Crippen LogP) is 4.86. The van der Waals surface area contributed by atoms with E-state index >= 15 is 0 Å². The summed E-state index contributed by atoms with van der Waals surface area (Å²) in [5.41, 5.74) is 5.13. The van der Waals surface area contributed by atoms with Crippen LogP contribution in [0.2, 0.25) is 0 Å². The molecule has 0 unspecified atom stereocenters. The summed E-state index contributed by atoms with van der Waals surface area (Å²) < 4.78 is 2.00. The standard InChI is InChI=1S/C24H22N6OS2/c1-3-15-8-10-16(11-9-15)12-17-13-25-23(33-17)26-20(31)14-32-24-27-22-21(28-29-24)18-6-4-5-7-19(18)30(22)2/h4-11,13H,3,12,14H2,1-2H3,(H,25,26,31). The van der Waals surface area contributed by atoms with E-state index in [0.29, 0.717) is 10.3 Å². The number of hydrogen-bond acceptors (Lipinski definition) is 7. The van der Waals surface area contributed by atoms with E-state index in [1.165, 1.54) is 34.2 Å². The van der Waals surface area contributed by atoms with Crippen molar-refractivity contribution < 1.29 is 4.79 Å². The third-order valence-electron chi connectivity index (χ3n) is 5.43. The molecule has 0 spiro atoms. The van der Waals surface area contributed by atoms with Gasteiger partial charge in [0.05, 0.1) is 11.3 Å². The Balaban J connectivity index is 1.20. The second-order valence-electron chi connectivity index (χ2n) is 7.66. The summed E-state index contributed by atoms with van der Waals surface area (Å²) in [5, 5.41) is 13.5. The molecule has 9 heteroatoms. The van der Waals surface area contributed by atoms with Gasteiger partial charge in [-0.2, -0.15) is 0 Å². The number of carbonyl (C=O) groups excluding carboxylic acids is 1. The maximum atomic E-state index is 12.4. The number of rotatable bonds is 7. The smallest absolute Gasteiger partial charge is 0.236 e. The molecule has 166 valence electrons. The monoisotopic (exact) mass is 474 g/mol. The van der Waals surface area contributed by atoms with Gasteiger partial charge in [0, 0.05) is 29.9 Å². The topological polar surface area (TPSA) is 85.6 Å². The average molecular weight is 475 g/mol. The van der Waals surface area contributed by atoms with Gasteiger partial charge in [0.2, 0.25) is 11.1 Å². The van der Waals surface area contributed by atoms with Crippen LogP contribution in [0.25, 0.3) is 22.1 Å². The zero-order valence-electron chi connectivity index (χ0n) is 18.3. The first-order chi connectivity index (χ1) is 16.1. The highest BCUT2D eigenvalue weighted by molar-refractivity contribution is 7.99. The number of fused-ring (bicyclic) bond motifs is 3. The predicted molar refractivity (Wildman–Crippen MR) is 134 cm³/mol. The number of thiazole rings is 1. The Bertz CT molecular complexity index is 1440. The molecule has 0 fully saturated rings. The molecule has 0 bridgehead atoms. The average Bonchev–Trinajstić information content (AvgIpc) is 3.40. The first-order valence-electron chi connectivity index (χ1n) is 10.6. The zero-order chi connectivity index (χ0) is 22.8. The normalized spacial score (nSPS) is 11.3. The zero-order valence-corrected chi connectivity index (χ0v) is 19.9. The number of nitrogens with zero attached hydrogens (tertiary/aromatic N) is 5. The van der Waals surface area contributed by atoms with Gasteiger partial charge in [-0.25, -0.2) is 9.97 Å². The Labute approximate surface area is 199 Å². The summed E-state index contributed by atoms with van der Waals surface area (Å²) in [6.07, 6.45) is 3.66. The molecule has 1 N–H and O–H groups in total. The largest absolute Gasteiger partial charge is 0.327 e. The van der Waals surface area contributed by atoms with E-state index < -0.39 is 0 Å². The van der Waals surface area contributed by atoms with Crippen molar-refractivity contribution in [3.63, 3.8) is 0 Å². The van der Waals surface area contributed by atoms with Crippen LogP contribution in [0, 0.1) is 0 Å². The molecule has 2 aromatic carbocycles. The fourth-order valence-corrected chi connectivity index (χ4v) is 5.12. The molecular weight excluding hydrogens is 452 g/mol. The minimum Gasteiger partial charge on any atom is -0.327 e. The van der Waals surface area contributed by atoms with Crippen LogP contribution in [-0.2, 0) is 24.7 Å². The lowest BCUT2D eigenvalue weighted by Gasteiger charge is -2.02. The van der Waals surface area contributed by atoms with E-state index in [2.05, 4.69) is 56.7 Å². The van der Waals surface area contributed by atoms with Gasteiger partial charge < -0.3 is 9.88 Å². The van der Waals surface area contributed by atoms with Crippen molar-refractivity contribution in [1.29, 1.82) is 0 Å². The molecule has 3 heterocycles. The SMILES string of the molecule is CCc1ccc(Cc2cnc(NC(=O)CSc3nnc4c5ccccc5n(C)c4n3)s2)cc1. The molecule has 0 saturated heterocycles. The number of aromatic nitrogens is 5. The van der Waals surface area contributed by atoms with Gasteiger partial charge in [0.25, 0.3) is 0 Å². The van der Waals surface area contributed by atoms with Crippen molar-refractivity contribution in [2.45, 2.75) is 24.9 Å². The number of nitrogens with one attached hydrogen (secondary N) is 1. The fourth-order valence-electron chi connectivity index (χ4n) is 3.68. The van der Waals surface area contributed by atoms with Crippen LogP contribution in [0.1, 0.15) is 22.9 Å². The Morgan fingerprint density at radius 2 is 1.88 bits per heavy atom. The van der Waals surface area contributed by atoms with Crippen LogP contribution in [0.5, 0.6) is 0 Å². The summed E-state index contributed by atoms with van der Waals surface area (Å²) >= 11 is 2.76. The second kappa shape index (κ2) is 9.29. The minimum absolute atomic E-state index is 0.145. The van der Waals surface area contributed by atoms with Crippen molar-refractivity contribution in [3.8, 4) is 0 Å². The third-order valence-corrected chi connectivity index (χ3v) is 7.18. The molecule has 5 rings (SSSR count). The molecule has 0 aliphatic heterocycles. The Hall–Kier alpha value is -3.30. The molecule has 1 amide bonds. The Morgan fingerprint density at radius 3 is 2.70 bits per heavy atom. The van der Waals surface area contributed by atoms with Crippen molar-refractivity contribution in [2.75, 3.05) is 11.1 Å². The number of anilines is 1. The highest BCUT2D eigenvalue weighted by Crippen LogP contribution is 2.26. The number of aryl methyl sites for hydroxylation is 2. The molecule has 5 aromatic rings. The van der Waals surface area contributed by atoms with Gasteiger partial charge in [-0.05, 0) is 23.6 Å². The van der Waals surface area contributed by atoms with Crippen LogP contribution in [0.15, 0.2) is 59.9 Å².